The summed E-state index contributed by atoms with van der Waals surface area (Å²) in [4.78, 5) is 2.34. The second-order valence-electron chi connectivity index (χ2n) is 4.65. The Balaban J connectivity index is 2.45. The zero-order chi connectivity index (χ0) is 10.6. The van der Waals surface area contributed by atoms with Gasteiger partial charge in [-0.25, -0.2) is 0 Å². The third-order valence-electron chi connectivity index (χ3n) is 3.05. The molecular formula is C12H23NO. The summed E-state index contributed by atoms with van der Waals surface area (Å²) in [5, 5.41) is 9.93. The summed E-state index contributed by atoms with van der Waals surface area (Å²) in [5.74, 6) is 0. The maximum absolute atomic E-state index is 9.93. The zero-order valence-corrected chi connectivity index (χ0v) is 9.55. The molecule has 0 aromatic heterocycles. The second-order valence-corrected chi connectivity index (χ2v) is 4.65. The monoisotopic (exact) mass is 197 g/mol. The van der Waals surface area contributed by atoms with Crippen molar-refractivity contribution in [1.82, 2.24) is 4.90 Å². The van der Waals surface area contributed by atoms with Gasteiger partial charge < -0.3 is 10.0 Å². The third-order valence-corrected chi connectivity index (χ3v) is 3.05. The predicted molar refractivity (Wildman–Crippen MR) is 60.1 cm³/mol. The SMILES string of the molecule is C=C(CCC)N1CCCC(C)(O)CC1. The number of nitrogens with zero attached hydrogens (tertiary/aromatic N) is 1. The van der Waals surface area contributed by atoms with Crippen molar-refractivity contribution >= 4 is 0 Å². The van der Waals surface area contributed by atoms with E-state index in [9.17, 15) is 5.11 Å². The lowest BCUT2D eigenvalue weighted by Gasteiger charge is -2.25. The molecule has 1 saturated heterocycles. The van der Waals surface area contributed by atoms with E-state index in [4.69, 9.17) is 0 Å². The van der Waals surface area contributed by atoms with Crippen LogP contribution in [-0.4, -0.2) is 28.7 Å². The maximum atomic E-state index is 9.93. The Kier molecular flexibility index (Phi) is 3.99. The molecule has 82 valence electrons. The standard InChI is InChI=1S/C12H23NO/c1-4-6-11(2)13-9-5-7-12(3,14)8-10-13/h14H,2,4-10H2,1,3H3. The van der Waals surface area contributed by atoms with E-state index in [0.717, 1.165) is 45.2 Å². The van der Waals surface area contributed by atoms with Gasteiger partial charge >= 0.3 is 0 Å². The van der Waals surface area contributed by atoms with Crippen molar-refractivity contribution in [2.75, 3.05) is 13.1 Å². The van der Waals surface area contributed by atoms with Crippen molar-refractivity contribution in [2.24, 2.45) is 0 Å². The number of hydrogen-bond acceptors (Lipinski definition) is 2. The summed E-state index contributed by atoms with van der Waals surface area (Å²) in [5.41, 5.74) is 0.784. The molecule has 0 radical (unpaired) electrons. The molecule has 1 N–H and O–H groups in total. The highest BCUT2D eigenvalue weighted by atomic mass is 16.3. The van der Waals surface area contributed by atoms with Gasteiger partial charge in [-0.15, -0.1) is 0 Å². The maximum Gasteiger partial charge on any atom is 0.0637 e. The summed E-state index contributed by atoms with van der Waals surface area (Å²) >= 11 is 0. The molecule has 2 heteroatoms. The third kappa shape index (κ3) is 3.33. The van der Waals surface area contributed by atoms with Crippen molar-refractivity contribution in [3.63, 3.8) is 0 Å². The fourth-order valence-electron chi connectivity index (χ4n) is 2.03. The molecule has 0 amide bonds. The van der Waals surface area contributed by atoms with Crippen LogP contribution in [-0.2, 0) is 0 Å². The van der Waals surface area contributed by atoms with E-state index in [0.29, 0.717) is 0 Å². The average Bonchev–Trinajstić information content (AvgIpc) is 2.27. The molecule has 1 heterocycles. The highest BCUT2D eigenvalue weighted by Crippen LogP contribution is 2.23. The molecule has 2 nitrogen and oxygen atoms in total. The predicted octanol–water partition coefficient (Wildman–Crippen LogP) is 2.54. The Morgan fingerprint density at radius 3 is 2.79 bits per heavy atom. The summed E-state index contributed by atoms with van der Waals surface area (Å²) in [6.07, 6.45) is 5.11. The first-order valence-electron chi connectivity index (χ1n) is 5.70. The van der Waals surface area contributed by atoms with E-state index in [1.54, 1.807) is 0 Å². The molecule has 1 aliphatic heterocycles. The smallest absolute Gasteiger partial charge is 0.0637 e. The minimum atomic E-state index is -0.457. The van der Waals surface area contributed by atoms with Crippen LogP contribution in [0.15, 0.2) is 12.3 Å². The van der Waals surface area contributed by atoms with Crippen LogP contribution in [0, 0.1) is 0 Å². The molecule has 0 spiro atoms. The lowest BCUT2D eigenvalue weighted by molar-refractivity contribution is 0.0455. The largest absolute Gasteiger partial charge is 0.390 e. The molecule has 0 aliphatic carbocycles. The molecule has 0 saturated carbocycles. The molecule has 0 aromatic rings. The lowest BCUT2D eigenvalue weighted by Crippen LogP contribution is -2.27. The zero-order valence-electron chi connectivity index (χ0n) is 9.55. The molecular weight excluding hydrogens is 174 g/mol. The van der Waals surface area contributed by atoms with E-state index in [-0.39, 0.29) is 0 Å². The van der Waals surface area contributed by atoms with Crippen LogP contribution in [0.4, 0.5) is 0 Å². The molecule has 0 bridgehead atoms. The summed E-state index contributed by atoms with van der Waals surface area (Å²) < 4.78 is 0. The fourth-order valence-corrected chi connectivity index (χ4v) is 2.03. The van der Waals surface area contributed by atoms with Crippen molar-refractivity contribution in [1.29, 1.82) is 0 Å². The molecule has 1 fully saturated rings. The normalized spacial score (nSPS) is 28.6. The average molecular weight is 197 g/mol. The van der Waals surface area contributed by atoms with Crippen LogP contribution in [0.25, 0.3) is 0 Å². The number of likely N-dealkylation sites (tertiary alicyclic amines) is 1. The molecule has 0 aromatic carbocycles. The number of aliphatic hydroxyl groups is 1. The number of allylic oxidation sites excluding steroid dienone is 1. The summed E-state index contributed by atoms with van der Waals surface area (Å²) in [7, 11) is 0. The van der Waals surface area contributed by atoms with Gasteiger partial charge in [0.2, 0.25) is 0 Å². The van der Waals surface area contributed by atoms with E-state index in [1.165, 1.54) is 5.70 Å². The Morgan fingerprint density at radius 2 is 2.14 bits per heavy atom. The quantitative estimate of drug-likeness (QED) is 0.751. The Labute approximate surface area is 87.6 Å². The molecule has 1 atom stereocenters. The van der Waals surface area contributed by atoms with Gasteiger partial charge in [0, 0.05) is 18.8 Å². The van der Waals surface area contributed by atoms with Crippen molar-refractivity contribution in [3.05, 3.63) is 12.3 Å². The minimum absolute atomic E-state index is 0.457. The molecule has 14 heavy (non-hydrogen) atoms. The van der Waals surface area contributed by atoms with Crippen LogP contribution in [0.5, 0.6) is 0 Å². The van der Waals surface area contributed by atoms with Crippen LogP contribution in [0.1, 0.15) is 46.0 Å². The first-order valence-corrected chi connectivity index (χ1v) is 5.70. The molecule has 1 unspecified atom stereocenters. The Hall–Kier alpha value is -0.500. The van der Waals surface area contributed by atoms with Gasteiger partial charge in [0.15, 0.2) is 0 Å². The summed E-state index contributed by atoms with van der Waals surface area (Å²) in [6.45, 7) is 10.3. The van der Waals surface area contributed by atoms with Gasteiger partial charge in [0.25, 0.3) is 0 Å². The van der Waals surface area contributed by atoms with Crippen molar-refractivity contribution in [2.45, 2.75) is 51.6 Å². The van der Waals surface area contributed by atoms with Crippen LogP contribution < -0.4 is 0 Å². The minimum Gasteiger partial charge on any atom is -0.390 e. The number of rotatable bonds is 3. The van der Waals surface area contributed by atoms with Crippen LogP contribution in [0.2, 0.25) is 0 Å². The summed E-state index contributed by atoms with van der Waals surface area (Å²) in [6, 6.07) is 0. The van der Waals surface area contributed by atoms with Crippen molar-refractivity contribution < 1.29 is 5.11 Å². The Bertz CT molecular complexity index is 198. The van der Waals surface area contributed by atoms with Gasteiger partial charge in [0.1, 0.15) is 0 Å². The highest BCUT2D eigenvalue weighted by molar-refractivity contribution is 4.95. The van der Waals surface area contributed by atoms with E-state index in [1.807, 2.05) is 6.92 Å². The van der Waals surface area contributed by atoms with Gasteiger partial charge in [-0.2, -0.15) is 0 Å². The number of hydrogen-bond donors (Lipinski definition) is 1. The van der Waals surface area contributed by atoms with E-state index >= 15 is 0 Å². The lowest BCUT2D eigenvalue weighted by atomic mass is 9.98. The second kappa shape index (κ2) is 4.83. The topological polar surface area (TPSA) is 23.5 Å². The van der Waals surface area contributed by atoms with Crippen LogP contribution in [0.3, 0.4) is 0 Å². The van der Waals surface area contributed by atoms with E-state index in [2.05, 4.69) is 18.4 Å². The van der Waals surface area contributed by atoms with Gasteiger partial charge in [0.05, 0.1) is 5.60 Å². The molecule has 1 rings (SSSR count). The van der Waals surface area contributed by atoms with Crippen molar-refractivity contribution in [3.8, 4) is 0 Å². The Morgan fingerprint density at radius 1 is 1.43 bits per heavy atom. The van der Waals surface area contributed by atoms with E-state index < -0.39 is 5.60 Å². The first kappa shape index (κ1) is 11.6. The van der Waals surface area contributed by atoms with Crippen LogP contribution >= 0.6 is 0 Å². The highest BCUT2D eigenvalue weighted by Gasteiger charge is 2.24. The first-order chi connectivity index (χ1) is 6.55. The van der Waals surface area contributed by atoms with Gasteiger partial charge in [-0.1, -0.05) is 19.9 Å². The fraction of sp³-hybridized carbons (Fsp3) is 0.833. The molecule has 1 aliphatic rings. The van der Waals surface area contributed by atoms with Gasteiger partial charge in [-0.3, -0.25) is 0 Å². The van der Waals surface area contributed by atoms with Gasteiger partial charge in [-0.05, 0) is 32.6 Å².